The molecule has 0 saturated carbocycles. The van der Waals surface area contributed by atoms with Crippen LogP contribution in [-0.4, -0.2) is 27.0 Å². The fourth-order valence-corrected chi connectivity index (χ4v) is 2.12. The molecule has 1 amide bonds. The van der Waals surface area contributed by atoms with Gasteiger partial charge in [-0.2, -0.15) is 0 Å². The highest BCUT2D eigenvalue weighted by molar-refractivity contribution is 7.80. The first-order valence-electron chi connectivity index (χ1n) is 8.05. The molecule has 1 aromatic heterocycles. The lowest BCUT2D eigenvalue weighted by Gasteiger charge is -2.13. The molecule has 132 valence electrons. The third-order valence-corrected chi connectivity index (χ3v) is 3.62. The molecule has 1 unspecified atom stereocenters. The number of anilines is 2. The van der Waals surface area contributed by atoms with Crippen LogP contribution in [0.2, 0.25) is 0 Å². The molecule has 0 fully saturated rings. The monoisotopic (exact) mass is 358 g/mol. The van der Waals surface area contributed by atoms with E-state index in [-0.39, 0.29) is 12.3 Å². The third-order valence-electron chi connectivity index (χ3n) is 3.42. The number of carbonyl (C=O) groups is 1. The van der Waals surface area contributed by atoms with Crippen LogP contribution in [0.4, 0.5) is 11.5 Å². The predicted octanol–water partition coefficient (Wildman–Crippen LogP) is 2.25. The molecule has 8 heteroatoms. The van der Waals surface area contributed by atoms with Crippen molar-refractivity contribution in [2.75, 3.05) is 10.6 Å². The average Bonchev–Trinajstić information content (AvgIpc) is 2.61. The van der Waals surface area contributed by atoms with Crippen molar-refractivity contribution in [1.82, 2.24) is 20.8 Å². The smallest absolute Gasteiger partial charge is 0.244 e. The van der Waals surface area contributed by atoms with Crippen LogP contribution < -0.4 is 21.5 Å². The standard InChI is InChI=1S/C17H22N6OS/c1-3-12(2)20-15-9-14(18-11-19-15)10-16(24)22-23-17(25)21-13-7-5-4-6-8-13/h4-9,11-12H,3,10H2,1-2H3,(H,22,24)(H,18,19,20)(H2,21,23,25). The van der Waals surface area contributed by atoms with E-state index >= 15 is 0 Å². The van der Waals surface area contributed by atoms with Gasteiger partial charge >= 0.3 is 0 Å². The second-order valence-electron chi connectivity index (χ2n) is 5.52. The Hall–Kier alpha value is -2.74. The van der Waals surface area contributed by atoms with E-state index in [1.165, 1.54) is 6.33 Å². The van der Waals surface area contributed by atoms with Crippen molar-refractivity contribution < 1.29 is 4.79 Å². The summed E-state index contributed by atoms with van der Waals surface area (Å²) in [4.78, 5) is 20.3. The Morgan fingerprint density at radius 2 is 1.96 bits per heavy atom. The van der Waals surface area contributed by atoms with Gasteiger partial charge in [-0.15, -0.1) is 0 Å². The van der Waals surface area contributed by atoms with Crippen LogP contribution in [0.1, 0.15) is 26.0 Å². The lowest BCUT2D eigenvalue weighted by molar-refractivity contribution is -0.121. The summed E-state index contributed by atoms with van der Waals surface area (Å²) in [5.74, 6) is 0.465. The van der Waals surface area contributed by atoms with E-state index < -0.39 is 0 Å². The topological polar surface area (TPSA) is 91.0 Å². The minimum absolute atomic E-state index is 0.124. The van der Waals surface area contributed by atoms with Crippen molar-refractivity contribution in [2.45, 2.75) is 32.7 Å². The first kappa shape index (κ1) is 18.6. The molecule has 2 rings (SSSR count). The molecule has 0 bridgehead atoms. The molecule has 7 nitrogen and oxygen atoms in total. The lowest BCUT2D eigenvalue weighted by Crippen LogP contribution is -2.44. The largest absolute Gasteiger partial charge is 0.368 e. The van der Waals surface area contributed by atoms with Crippen LogP contribution >= 0.6 is 12.2 Å². The van der Waals surface area contributed by atoms with Gasteiger partial charge in [0, 0.05) is 17.8 Å². The number of carbonyl (C=O) groups excluding carboxylic acids is 1. The Kier molecular flexibility index (Phi) is 7.09. The fraction of sp³-hybridized carbons (Fsp3) is 0.294. The van der Waals surface area contributed by atoms with Crippen molar-refractivity contribution in [3.8, 4) is 0 Å². The number of nitrogens with zero attached hydrogens (tertiary/aromatic N) is 2. The number of aromatic nitrogens is 2. The zero-order valence-electron chi connectivity index (χ0n) is 14.2. The van der Waals surface area contributed by atoms with Crippen molar-refractivity contribution in [1.29, 1.82) is 0 Å². The van der Waals surface area contributed by atoms with Crippen molar-refractivity contribution in [3.05, 3.63) is 48.4 Å². The van der Waals surface area contributed by atoms with Gasteiger partial charge in [-0.25, -0.2) is 9.97 Å². The van der Waals surface area contributed by atoms with Crippen molar-refractivity contribution in [2.24, 2.45) is 0 Å². The zero-order chi connectivity index (χ0) is 18.1. The molecule has 0 aliphatic heterocycles. The molecule has 1 aromatic carbocycles. The van der Waals surface area contributed by atoms with E-state index in [2.05, 4.69) is 45.3 Å². The summed E-state index contributed by atoms with van der Waals surface area (Å²) in [6, 6.07) is 11.5. The van der Waals surface area contributed by atoms with Crippen molar-refractivity contribution in [3.63, 3.8) is 0 Å². The minimum atomic E-state index is -0.245. The maximum Gasteiger partial charge on any atom is 0.244 e. The Morgan fingerprint density at radius 3 is 2.68 bits per heavy atom. The molecule has 0 aliphatic rings. The number of rotatable bonds is 6. The Balaban J connectivity index is 1.80. The molecule has 25 heavy (non-hydrogen) atoms. The van der Waals surface area contributed by atoms with Gasteiger partial charge in [0.15, 0.2) is 5.11 Å². The van der Waals surface area contributed by atoms with Crippen LogP contribution in [0.15, 0.2) is 42.7 Å². The SMILES string of the molecule is CCC(C)Nc1cc(CC(=O)NNC(=S)Nc2ccccc2)ncn1. The maximum absolute atomic E-state index is 12.0. The highest BCUT2D eigenvalue weighted by atomic mass is 32.1. The summed E-state index contributed by atoms with van der Waals surface area (Å²) < 4.78 is 0. The van der Waals surface area contributed by atoms with Gasteiger partial charge in [-0.3, -0.25) is 15.6 Å². The number of nitrogens with one attached hydrogen (secondary N) is 4. The van der Waals surface area contributed by atoms with E-state index in [0.717, 1.165) is 12.1 Å². The highest BCUT2D eigenvalue weighted by Gasteiger charge is 2.08. The molecule has 0 radical (unpaired) electrons. The molecule has 4 N–H and O–H groups in total. The summed E-state index contributed by atoms with van der Waals surface area (Å²) in [5.41, 5.74) is 6.68. The van der Waals surface area contributed by atoms with Gasteiger partial charge in [0.25, 0.3) is 0 Å². The van der Waals surface area contributed by atoms with Gasteiger partial charge in [-0.1, -0.05) is 25.1 Å². The van der Waals surface area contributed by atoms with Crippen LogP contribution in [0.5, 0.6) is 0 Å². The number of thiocarbonyl (C=S) groups is 1. The Bertz CT molecular complexity index is 709. The summed E-state index contributed by atoms with van der Waals surface area (Å²) >= 11 is 5.13. The number of amides is 1. The Morgan fingerprint density at radius 1 is 1.20 bits per heavy atom. The van der Waals surface area contributed by atoms with Gasteiger partial charge in [0.05, 0.1) is 12.1 Å². The molecule has 0 saturated heterocycles. The number of hydrogen-bond acceptors (Lipinski definition) is 5. The highest BCUT2D eigenvalue weighted by Crippen LogP contribution is 2.07. The van der Waals surface area contributed by atoms with Crippen molar-refractivity contribution >= 4 is 34.7 Å². The number of hydrazine groups is 1. The number of hydrogen-bond donors (Lipinski definition) is 4. The zero-order valence-corrected chi connectivity index (χ0v) is 15.1. The van der Waals surface area contributed by atoms with Crippen LogP contribution in [-0.2, 0) is 11.2 Å². The molecule has 0 aliphatic carbocycles. The Labute approximate surface area is 152 Å². The molecule has 1 heterocycles. The number of para-hydroxylation sites is 1. The lowest BCUT2D eigenvalue weighted by atomic mass is 10.2. The first-order valence-corrected chi connectivity index (χ1v) is 8.46. The summed E-state index contributed by atoms with van der Waals surface area (Å²) in [7, 11) is 0. The average molecular weight is 358 g/mol. The minimum Gasteiger partial charge on any atom is -0.368 e. The van der Waals surface area contributed by atoms with Gasteiger partial charge < -0.3 is 10.6 Å². The van der Waals surface area contributed by atoms with Crippen LogP contribution in [0, 0.1) is 0 Å². The van der Waals surface area contributed by atoms with Crippen LogP contribution in [0.3, 0.4) is 0 Å². The summed E-state index contributed by atoms with van der Waals surface area (Å²) in [5, 5.41) is 6.53. The first-order chi connectivity index (χ1) is 12.1. The fourth-order valence-electron chi connectivity index (χ4n) is 1.95. The number of benzene rings is 1. The predicted molar refractivity (Wildman–Crippen MR) is 103 cm³/mol. The molecular weight excluding hydrogens is 336 g/mol. The third kappa shape index (κ3) is 6.72. The normalized spacial score (nSPS) is 11.3. The second kappa shape index (κ2) is 9.53. The van der Waals surface area contributed by atoms with E-state index in [9.17, 15) is 4.79 Å². The summed E-state index contributed by atoms with van der Waals surface area (Å²) in [6.07, 6.45) is 2.55. The van der Waals surface area contributed by atoms with Crippen LogP contribution in [0.25, 0.3) is 0 Å². The quantitative estimate of drug-likeness (QED) is 0.465. The van der Waals surface area contributed by atoms with Gasteiger partial charge in [0.1, 0.15) is 12.1 Å². The second-order valence-corrected chi connectivity index (χ2v) is 5.93. The maximum atomic E-state index is 12.0. The van der Waals surface area contributed by atoms with Gasteiger partial charge in [0.2, 0.25) is 5.91 Å². The van der Waals surface area contributed by atoms with E-state index in [0.29, 0.717) is 22.7 Å². The molecular formula is C17H22N6OS. The van der Waals surface area contributed by atoms with E-state index in [1.54, 1.807) is 6.07 Å². The van der Waals surface area contributed by atoms with E-state index in [1.807, 2.05) is 30.3 Å². The molecule has 2 aromatic rings. The molecule has 1 atom stereocenters. The molecule has 0 spiro atoms. The summed E-state index contributed by atoms with van der Waals surface area (Å²) in [6.45, 7) is 4.16. The van der Waals surface area contributed by atoms with Gasteiger partial charge in [-0.05, 0) is 37.7 Å². The van der Waals surface area contributed by atoms with E-state index in [4.69, 9.17) is 12.2 Å².